The molecule has 1 aliphatic carbocycles. The predicted molar refractivity (Wildman–Crippen MR) is 93.2 cm³/mol. The molecule has 0 spiro atoms. The Bertz CT molecular complexity index is 614. The third-order valence-electron chi connectivity index (χ3n) is 5.68. The Morgan fingerprint density at radius 3 is 2.46 bits per heavy atom. The highest BCUT2D eigenvalue weighted by Crippen LogP contribution is 2.46. The van der Waals surface area contributed by atoms with Crippen LogP contribution in [0, 0.1) is 5.41 Å². The van der Waals surface area contributed by atoms with E-state index >= 15 is 0 Å². The lowest BCUT2D eigenvalue weighted by atomic mass is 9.83. The van der Waals surface area contributed by atoms with Gasteiger partial charge in [0.25, 0.3) is 0 Å². The monoisotopic (exact) mass is 369 g/mol. The number of halogens is 3. The van der Waals surface area contributed by atoms with Crippen LogP contribution in [0.3, 0.4) is 0 Å². The van der Waals surface area contributed by atoms with Gasteiger partial charge in [0.1, 0.15) is 0 Å². The fraction of sp³-hybridized carbons (Fsp3) is 0.632. The highest BCUT2D eigenvalue weighted by Gasteiger charge is 2.63. The van der Waals surface area contributed by atoms with Crippen LogP contribution in [0.4, 0.5) is 13.2 Å². The molecule has 0 aromatic heterocycles. The van der Waals surface area contributed by atoms with E-state index in [-0.39, 0.29) is 31.6 Å². The molecular formula is C19H26F3N3O. The molecule has 26 heavy (non-hydrogen) atoms. The second kappa shape index (κ2) is 7.56. The number of hydrogen-bond acceptors (Lipinski definition) is 3. The van der Waals surface area contributed by atoms with Gasteiger partial charge in [-0.1, -0.05) is 30.3 Å². The largest absolute Gasteiger partial charge is 0.404 e. The van der Waals surface area contributed by atoms with Gasteiger partial charge >= 0.3 is 6.18 Å². The molecule has 7 heteroatoms. The summed E-state index contributed by atoms with van der Waals surface area (Å²) in [5.41, 5.74) is 4.47. The summed E-state index contributed by atoms with van der Waals surface area (Å²) in [7, 11) is 0. The first-order chi connectivity index (χ1) is 12.3. The number of nitrogens with one attached hydrogen (secondary N) is 1. The lowest BCUT2D eigenvalue weighted by Crippen LogP contribution is -2.55. The number of rotatable bonds is 4. The molecule has 2 fully saturated rings. The number of alkyl halides is 3. The highest BCUT2D eigenvalue weighted by molar-refractivity contribution is 5.84. The molecule has 2 aliphatic rings. The zero-order chi connectivity index (χ0) is 18.8. The van der Waals surface area contributed by atoms with Crippen molar-refractivity contribution in [1.82, 2.24) is 10.2 Å². The molecule has 1 saturated carbocycles. The van der Waals surface area contributed by atoms with E-state index in [2.05, 4.69) is 5.32 Å². The Hall–Kier alpha value is -1.60. The van der Waals surface area contributed by atoms with Crippen molar-refractivity contribution in [3.05, 3.63) is 35.9 Å². The van der Waals surface area contributed by atoms with Gasteiger partial charge in [-0.25, -0.2) is 0 Å². The van der Waals surface area contributed by atoms with Crippen LogP contribution in [0.1, 0.15) is 37.7 Å². The van der Waals surface area contributed by atoms with E-state index in [4.69, 9.17) is 5.73 Å². The molecule has 1 saturated heterocycles. The lowest BCUT2D eigenvalue weighted by molar-refractivity contribution is -0.218. The molecule has 1 amide bonds. The van der Waals surface area contributed by atoms with E-state index in [1.807, 2.05) is 30.3 Å². The van der Waals surface area contributed by atoms with E-state index in [0.29, 0.717) is 19.4 Å². The first kappa shape index (κ1) is 19.2. The SMILES string of the molecule is NC1CCC(NC(=O)C2(C(F)(F)F)CCN(Cc3ccccc3)C2)CC1. The van der Waals surface area contributed by atoms with Crippen molar-refractivity contribution in [1.29, 1.82) is 0 Å². The fourth-order valence-electron chi connectivity index (χ4n) is 4.00. The lowest BCUT2D eigenvalue weighted by Gasteiger charge is -2.34. The number of hydrogen-bond donors (Lipinski definition) is 2. The van der Waals surface area contributed by atoms with Crippen molar-refractivity contribution in [2.24, 2.45) is 11.1 Å². The van der Waals surface area contributed by atoms with Gasteiger partial charge in [-0.15, -0.1) is 0 Å². The smallest absolute Gasteiger partial charge is 0.353 e. The summed E-state index contributed by atoms with van der Waals surface area (Å²) in [6.07, 6.45) is -1.98. The molecule has 0 radical (unpaired) electrons. The van der Waals surface area contributed by atoms with Crippen LogP contribution in [0.2, 0.25) is 0 Å². The van der Waals surface area contributed by atoms with E-state index in [1.165, 1.54) is 0 Å². The molecule has 1 aliphatic heterocycles. The van der Waals surface area contributed by atoms with Crippen LogP contribution in [-0.2, 0) is 11.3 Å². The molecule has 144 valence electrons. The molecule has 1 unspecified atom stereocenters. The van der Waals surface area contributed by atoms with E-state index in [1.54, 1.807) is 4.90 Å². The van der Waals surface area contributed by atoms with Crippen LogP contribution in [0.15, 0.2) is 30.3 Å². The molecule has 1 aromatic rings. The van der Waals surface area contributed by atoms with Gasteiger partial charge in [0.05, 0.1) is 0 Å². The Morgan fingerprint density at radius 2 is 1.85 bits per heavy atom. The summed E-state index contributed by atoms with van der Waals surface area (Å²) < 4.78 is 41.7. The number of carbonyl (C=O) groups is 1. The first-order valence-corrected chi connectivity index (χ1v) is 9.20. The maximum absolute atomic E-state index is 13.9. The Kier molecular flexibility index (Phi) is 5.58. The fourth-order valence-corrected chi connectivity index (χ4v) is 4.00. The Labute approximate surface area is 151 Å². The van der Waals surface area contributed by atoms with Crippen molar-refractivity contribution in [2.45, 2.75) is 56.9 Å². The first-order valence-electron chi connectivity index (χ1n) is 9.20. The summed E-state index contributed by atoms with van der Waals surface area (Å²) in [6.45, 7) is 0.394. The second-order valence-corrected chi connectivity index (χ2v) is 7.61. The van der Waals surface area contributed by atoms with Crippen molar-refractivity contribution >= 4 is 5.91 Å². The maximum Gasteiger partial charge on any atom is 0.404 e. The van der Waals surface area contributed by atoms with Gasteiger partial charge in [0.2, 0.25) is 5.91 Å². The van der Waals surface area contributed by atoms with Gasteiger partial charge in [0.15, 0.2) is 5.41 Å². The number of likely N-dealkylation sites (tertiary alicyclic amines) is 1. The molecule has 4 nitrogen and oxygen atoms in total. The second-order valence-electron chi connectivity index (χ2n) is 7.61. The Morgan fingerprint density at radius 1 is 1.19 bits per heavy atom. The summed E-state index contributed by atoms with van der Waals surface area (Å²) in [6, 6.07) is 9.26. The van der Waals surface area contributed by atoms with E-state index < -0.39 is 17.5 Å². The zero-order valence-electron chi connectivity index (χ0n) is 14.8. The maximum atomic E-state index is 13.9. The molecule has 1 heterocycles. The molecular weight excluding hydrogens is 343 g/mol. The normalized spacial score (nSPS) is 30.3. The van der Waals surface area contributed by atoms with Crippen molar-refractivity contribution in [3.63, 3.8) is 0 Å². The summed E-state index contributed by atoms with van der Waals surface area (Å²) in [4.78, 5) is 14.4. The van der Waals surface area contributed by atoms with E-state index in [9.17, 15) is 18.0 Å². The van der Waals surface area contributed by atoms with Gasteiger partial charge in [-0.05, 0) is 44.2 Å². The summed E-state index contributed by atoms with van der Waals surface area (Å²) >= 11 is 0. The van der Waals surface area contributed by atoms with Gasteiger partial charge < -0.3 is 11.1 Å². The van der Waals surface area contributed by atoms with E-state index in [0.717, 1.165) is 18.4 Å². The Balaban J connectivity index is 1.68. The molecule has 0 bridgehead atoms. The van der Waals surface area contributed by atoms with Crippen LogP contribution in [0.25, 0.3) is 0 Å². The predicted octanol–water partition coefficient (Wildman–Crippen LogP) is 2.83. The quantitative estimate of drug-likeness (QED) is 0.858. The average Bonchev–Trinajstić information content (AvgIpc) is 3.03. The van der Waals surface area contributed by atoms with Crippen LogP contribution in [0.5, 0.6) is 0 Å². The molecule has 1 atom stereocenters. The van der Waals surface area contributed by atoms with Crippen LogP contribution < -0.4 is 11.1 Å². The van der Waals surface area contributed by atoms with Crippen LogP contribution >= 0.6 is 0 Å². The van der Waals surface area contributed by atoms with Crippen molar-refractivity contribution < 1.29 is 18.0 Å². The van der Waals surface area contributed by atoms with Crippen molar-refractivity contribution in [2.75, 3.05) is 13.1 Å². The van der Waals surface area contributed by atoms with Gasteiger partial charge in [-0.3, -0.25) is 9.69 Å². The minimum atomic E-state index is -4.56. The summed E-state index contributed by atoms with van der Waals surface area (Å²) in [5.74, 6) is -0.874. The molecule has 1 aromatic carbocycles. The van der Waals surface area contributed by atoms with Crippen LogP contribution in [-0.4, -0.2) is 42.2 Å². The van der Waals surface area contributed by atoms with Gasteiger partial charge in [-0.2, -0.15) is 13.2 Å². The number of nitrogens with two attached hydrogens (primary N) is 1. The number of carbonyl (C=O) groups excluding carboxylic acids is 1. The number of nitrogens with zero attached hydrogens (tertiary/aromatic N) is 1. The van der Waals surface area contributed by atoms with Gasteiger partial charge in [0, 0.05) is 25.2 Å². The standard InChI is InChI=1S/C19H26F3N3O/c20-19(21,22)18(17(26)24-16-8-6-15(23)7-9-16)10-11-25(13-18)12-14-4-2-1-3-5-14/h1-5,15-16H,6-13,23H2,(H,24,26). The third-order valence-corrected chi connectivity index (χ3v) is 5.68. The minimum Gasteiger partial charge on any atom is -0.353 e. The van der Waals surface area contributed by atoms with Crippen molar-refractivity contribution in [3.8, 4) is 0 Å². The molecule has 3 N–H and O–H groups in total. The molecule has 3 rings (SSSR count). The topological polar surface area (TPSA) is 58.4 Å². The third kappa shape index (κ3) is 4.04. The zero-order valence-corrected chi connectivity index (χ0v) is 14.8. The average molecular weight is 369 g/mol. The summed E-state index contributed by atoms with van der Waals surface area (Å²) in [5, 5.41) is 2.67. The minimum absolute atomic E-state index is 0.0903. The highest BCUT2D eigenvalue weighted by atomic mass is 19.4. The number of benzene rings is 1. The number of amides is 1.